The summed E-state index contributed by atoms with van der Waals surface area (Å²) in [5.74, 6) is 4.01. The fraction of sp³-hybridized carbons (Fsp3) is 0.667. The van der Waals surface area contributed by atoms with Gasteiger partial charge in [0.2, 0.25) is 0 Å². The van der Waals surface area contributed by atoms with Gasteiger partial charge in [0, 0.05) is 41.4 Å². The maximum atomic E-state index is 12.1. The summed E-state index contributed by atoms with van der Waals surface area (Å²) in [5, 5.41) is 7.50. The molecule has 0 radical (unpaired) electrons. The van der Waals surface area contributed by atoms with Gasteiger partial charge in [0.15, 0.2) is 5.96 Å². The van der Waals surface area contributed by atoms with E-state index in [4.69, 9.17) is 0 Å². The van der Waals surface area contributed by atoms with Gasteiger partial charge >= 0.3 is 0 Å². The van der Waals surface area contributed by atoms with Crippen molar-refractivity contribution in [1.82, 2.24) is 10.6 Å². The van der Waals surface area contributed by atoms with E-state index in [0.29, 0.717) is 11.3 Å². The lowest BCUT2D eigenvalue weighted by Crippen LogP contribution is -2.47. The molecular formula is C21H31N3OS. The number of benzene rings is 1. The van der Waals surface area contributed by atoms with Crippen molar-refractivity contribution in [2.75, 3.05) is 19.3 Å². The molecule has 4 rings (SSSR count). The van der Waals surface area contributed by atoms with Gasteiger partial charge in [-0.15, -0.1) is 0 Å². The number of hydrogen-bond acceptors (Lipinski definition) is 2. The molecule has 0 bridgehead atoms. The molecule has 26 heavy (non-hydrogen) atoms. The maximum Gasteiger partial charge on any atom is 0.191 e. The van der Waals surface area contributed by atoms with Crippen LogP contribution in [0.25, 0.3) is 0 Å². The Morgan fingerprint density at radius 3 is 2.96 bits per heavy atom. The molecule has 2 N–H and O–H groups in total. The second-order valence-electron chi connectivity index (χ2n) is 8.01. The molecule has 142 valence electrons. The summed E-state index contributed by atoms with van der Waals surface area (Å²) >= 11 is 0. The number of nitrogens with zero attached hydrogens (tertiary/aromatic N) is 1. The lowest BCUT2D eigenvalue weighted by molar-refractivity contribution is 0.413. The van der Waals surface area contributed by atoms with Gasteiger partial charge in [0.1, 0.15) is 0 Å². The Morgan fingerprint density at radius 2 is 2.15 bits per heavy atom. The lowest BCUT2D eigenvalue weighted by atomic mass is 9.95. The van der Waals surface area contributed by atoms with Gasteiger partial charge in [-0.3, -0.25) is 9.20 Å². The molecule has 0 aliphatic heterocycles. The molecule has 4 nitrogen and oxygen atoms in total. The molecule has 0 spiro atoms. The van der Waals surface area contributed by atoms with E-state index < -0.39 is 10.8 Å². The molecule has 1 aromatic carbocycles. The van der Waals surface area contributed by atoms with Crippen LogP contribution in [0.3, 0.4) is 0 Å². The highest BCUT2D eigenvalue weighted by atomic mass is 32.2. The molecule has 2 saturated carbocycles. The van der Waals surface area contributed by atoms with E-state index in [2.05, 4.69) is 39.9 Å². The molecule has 0 heterocycles. The minimum atomic E-state index is -0.677. The molecule has 2 fully saturated rings. The monoisotopic (exact) mass is 373 g/mol. The molecule has 3 aliphatic rings. The van der Waals surface area contributed by atoms with Crippen molar-refractivity contribution in [1.29, 1.82) is 0 Å². The van der Waals surface area contributed by atoms with Crippen molar-refractivity contribution in [3.63, 3.8) is 0 Å². The Bertz CT molecular complexity index is 704. The van der Waals surface area contributed by atoms with Crippen molar-refractivity contribution < 1.29 is 4.21 Å². The summed E-state index contributed by atoms with van der Waals surface area (Å²) in [4.78, 5) is 4.43. The van der Waals surface area contributed by atoms with E-state index in [1.54, 1.807) is 11.1 Å². The third-order valence-corrected chi connectivity index (χ3v) is 8.29. The fourth-order valence-electron chi connectivity index (χ4n) is 5.12. The highest BCUT2D eigenvalue weighted by molar-refractivity contribution is 7.85. The van der Waals surface area contributed by atoms with Crippen molar-refractivity contribution in [2.45, 2.75) is 56.2 Å². The molecular weight excluding hydrogens is 342 g/mol. The van der Waals surface area contributed by atoms with E-state index in [0.717, 1.165) is 61.7 Å². The zero-order valence-corrected chi connectivity index (χ0v) is 16.7. The second kappa shape index (κ2) is 7.71. The lowest BCUT2D eigenvalue weighted by Gasteiger charge is -2.30. The first-order chi connectivity index (χ1) is 12.7. The summed E-state index contributed by atoms with van der Waals surface area (Å²) < 4.78 is 12.1. The van der Waals surface area contributed by atoms with Gasteiger partial charge in [-0.2, -0.15) is 0 Å². The number of aliphatic imine (C=N–C) groups is 1. The highest BCUT2D eigenvalue weighted by Gasteiger charge is 2.54. The van der Waals surface area contributed by atoms with Gasteiger partial charge < -0.3 is 10.6 Å². The van der Waals surface area contributed by atoms with Crippen molar-refractivity contribution in [2.24, 2.45) is 16.8 Å². The van der Waals surface area contributed by atoms with E-state index >= 15 is 0 Å². The Balaban J connectivity index is 1.27. The third kappa shape index (κ3) is 3.55. The average Bonchev–Trinajstić information content (AvgIpc) is 3.22. The SMILES string of the molecule is CCS(=O)C1CCCC(NC(=NC)NCC2C3Cc4ccccc4C23)C1. The second-order valence-corrected chi connectivity index (χ2v) is 10.0. The average molecular weight is 374 g/mol. The van der Waals surface area contributed by atoms with Crippen LogP contribution in [0.5, 0.6) is 0 Å². The summed E-state index contributed by atoms with van der Waals surface area (Å²) in [6.07, 6.45) is 5.67. The predicted molar refractivity (Wildman–Crippen MR) is 109 cm³/mol. The summed E-state index contributed by atoms with van der Waals surface area (Å²) in [5.41, 5.74) is 3.13. The minimum Gasteiger partial charge on any atom is -0.356 e. The first-order valence-electron chi connectivity index (χ1n) is 10.1. The molecule has 6 unspecified atom stereocenters. The van der Waals surface area contributed by atoms with Crippen LogP contribution in [0.15, 0.2) is 29.3 Å². The summed E-state index contributed by atoms with van der Waals surface area (Å²) in [6, 6.07) is 9.32. The van der Waals surface area contributed by atoms with E-state index in [-0.39, 0.29) is 0 Å². The number of rotatable bonds is 5. The predicted octanol–water partition coefficient (Wildman–Crippen LogP) is 2.82. The fourth-order valence-corrected chi connectivity index (χ4v) is 6.46. The quantitative estimate of drug-likeness (QED) is 0.616. The standard InChI is InChI=1S/C21H31N3OS/c1-3-26(25)16-9-6-8-15(12-16)24-21(22-2)23-13-19-18-11-14-7-4-5-10-17(14)20(18)19/h4-5,7,10,15-16,18-20H,3,6,8-9,11-13H2,1-2H3,(H2,22,23,24). The van der Waals surface area contributed by atoms with Gasteiger partial charge in [0.25, 0.3) is 0 Å². The van der Waals surface area contributed by atoms with Gasteiger partial charge in [-0.25, -0.2) is 0 Å². The zero-order valence-electron chi connectivity index (χ0n) is 15.9. The summed E-state index contributed by atoms with van der Waals surface area (Å²) in [7, 11) is 1.17. The van der Waals surface area contributed by atoms with Crippen LogP contribution < -0.4 is 10.6 Å². The zero-order chi connectivity index (χ0) is 18.1. The molecule has 5 heteroatoms. The molecule has 3 aliphatic carbocycles. The molecule has 6 atom stereocenters. The number of fused-ring (bicyclic) bond motifs is 3. The highest BCUT2D eigenvalue weighted by Crippen LogP contribution is 2.60. The number of nitrogens with one attached hydrogen (secondary N) is 2. The van der Waals surface area contributed by atoms with Gasteiger partial charge in [-0.05, 0) is 54.6 Å². The molecule has 0 aromatic heterocycles. The molecule has 1 aromatic rings. The van der Waals surface area contributed by atoms with Gasteiger partial charge in [-0.1, -0.05) is 37.6 Å². The summed E-state index contributed by atoms with van der Waals surface area (Å²) in [6.45, 7) is 3.03. The van der Waals surface area contributed by atoms with Crippen LogP contribution in [-0.2, 0) is 17.2 Å². The maximum absolute atomic E-state index is 12.1. The first-order valence-corrected chi connectivity index (χ1v) is 11.5. The van der Waals surface area contributed by atoms with Crippen molar-refractivity contribution in [3.05, 3.63) is 35.4 Å². The number of guanidine groups is 1. The van der Waals surface area contributed by atoms with E-state index in [1.807, 2.05) is 14.0 Å². The van der Waals surface area contributed by atoms with E-state index in [1.165, 1.54) is 6.42 Å². The Hall–Kier alpha value is -1.36. The number of hydrogen-bond donors (Lipinski definition) is 2. The molecule has 0 amide bonds. The van der Waals surface area contributed by atoms with Crippen LogP contribution in [0, 0.1) is 11.8 Å². The Morgan fingerprint density at radius 1 is 1.31 bits per heavy atom. The van der Waals surface area contributed by atoms with Crippen LogP contribution in [0.4, 0.5) is 0 Å². The van der Waals surface area contributed by atoms with Gasteiger partial charge in [0.05, 0.1) is 0 Å². The largest absolute Gasteiger partial charge is 0.356 e. The Kier molecular flexibility index (Phi) is 5.35. The van der Waals surface area contributed by atoms with Crippen LogP contribution in [0.1, 0.15) is 49.7 Å². The van der Waals surface area contributed by atoms with Crippen molar-refractivity contribution >= 4 is 16.8 Å². The third-order valence-electron chi connectivity index (χ3n) is 6.55. The first kappa shape index (κ1) is 18.0. The van der Waals surface area contributed by atoms with Crippen LogP contribution in [0.2, 0.25) is 0 Å². The van der Waals surface area contributed by atoms with E-state index in [9.17, 15) is 4.21 Å². The Labute approximate surface area is 159 Å². The van der Waals surface area contributed by atoms with Crippen molar-refractivity contribution in [3.8, 4) is 0 Å². The smallest absolute Gasteiger partial charge is 0.191 e. The van der Waals surface area contributed by atoms with Crippen LogP contribution >= 0.6 is 0 Å². The topological polar surface area (TPSA) is 53.5 Å². The van der Waals surface area contributed by atoms with Crippen LogP contribution in [-0.4, -0.2) is 40.8 Å². The normalized spacial score (nSPS) is 33.9. The minimum absolute atomic E-state index is 0.351. The molecule has 0 saturated heterocycles.